The van der Waals surface area contributed by atoms with Crippen molar-refractivity contribution in [2.45, 2.75) is 45.6 Å². The van der Waals surface area contributed by atoms with Crippen LogP contribution in [0, 0.1) is 23.2 Å². The van der Waals surface area contributed by atoms with Gasteiger partial charge in [-0.15, -0.1) is 11.3 Å². The van der Waals surface area contributed by atoms with Gasteiger partial charge in [-0.25, -0.2) is 0 Å². The highest BCUT2D eigenvalue weighted by atomic mass is 32.1. The molecule has 0 atom stereocenters. The maximum Gasteiger partial charge on any atom is 0.110 e. The van der Waals surface area contributed by atoms with E-state index in [4.69, 9.17) is 5.26 Å². The molecule has 0 amide bonds. The lowest BCUT2D eigenvalue weighted by Gasteiger charge is -2.27. The van der Waals surface area contributed by atoms with Gasteiger partial charge in [0.15, 0.2) is 0 Å². The van der Waals surface area contributed by atoms with Gasteiger partial charge < -0.3 is 5.32 Å². The number of nitrogens with zero attached hydrogens (tertiary/aromatic N) is 1. The summed E-state index contributed by atoms with van der Waals surface area (Å²) in [6, 6.07) is 6.16. The molecule has 2 nitrogen and oxygen atoms in total. The Morgan fingerprint density at radius 2 is 2.00 bits per heavy atom. The van der Waals surface area contributed by atoms with Crippen molar-refractivity contribution in [3.05, 3.63) is 21.9 Å². The Balaban J connectivity index is 1.65. The molecule has 98 valence electrons. The molecule has 0 unspecified atom stereocenters. The highest BCUT2D eigenvalue weighted by molar-refractivity contribution is 7.12. The molecule has 1 aromatic rings. The number of thiophene rings is 1. The Bertz CT molecular complexity index is 397. The molecule has 2 rings (SSSR count). The van der Waals surface area contributed by atoms with Crippen LogP contribution in [-0.4, -0.2) is 6.54 Å². The summed E-state index contributed by atoms with van der Waals surface area (Å²) in [5.41, 5.74) is 0. The molecule has 0 aliphatic heterocycles. The maximum atomic E-state index is 8.77. The molecular weight excluding hydrogens is 240 g/mol. The second kappa shape index (κ2) is 6.92. The Morgan fingerprint density at radius 1 is 1.28 bits per heavy atom. The van der Waals surface area contributed by atoms with Gasteiger partial charge in [0.2, 0.25) is 0 Å². The predicted molar refractivity (Wildman–Crippen MR) is 76.5 cm³/mol. The molecule has 18 heavy (non-hydrogen) atoms. The van der Waals surface area contributed by atoms with E-state index in [1.54, 1.807) is 11.3 Å². The summed E-state index contributed by atoms with van der Waals surface area (Å²) in [6.45, 7) is 4.36. The second-order valence-corrected chi connectivity index (χ2v) is 6.47. The third kappa shape index (κ3) is 3.83. The van der Waals surface area contributed by atoms with E-state index >= 15 is 0 Å². The molecule has 0 saturated heterocycles. The van der Waals surface area contributed by atoms with Crippen LogP contribution in [0.4, 0.5) is 0 Å². The zero-order chi connectivity index (χ0) is 12.8. The fraction of sp³-hybridized carbons (Fsp3) is 0.667. The summed E-state index contributed by atoms with van der Waals surface area (Å²) >= 11 is 1.60. The zero-order valence-electron chi connectivity index (χ0n) is 11.1. The van der Waals surface area contributed by atoms with Crippen molar-refractivity contribution in [3.8, 4) is 6.07 Å². The summed E-state index contributed by atoms with van der Waals surface area (Å²) in [7, 11) is 0. The van der Waals surface area contributed by atoms with Crippen LogP contribution < -0.4 is 5.32 Å². The average molecular weight is 262 g/mol. The summed E-state index contributed by atoms with van der Waals surface area (Å²) in [5.74, 6) is 1.85. The fourth-order valence-electron chi connectivity index (χ4n) is 2.78. The largest absolute Gasteiger partial charge is 0.312 e. The predicted octanol–water partition coefficient (Wildman–Crippen LogP) is 3.93. The Hall–Kier alpha value is -0.850. The second-order valence-electron chi connectivity index (χ2n) is 5.30. The van der Waals surface area contributed by atoms with Crippen LogP contribution in [0.25, 0.3) is 0 Å². The minimum Gasteiger partial charge on any atom is -0.312 e. The van der Waals surface area contributed by atoms with E-state index in [9.17, 15) is 0 Å². The van der Waals surface area contributed by atoms with Crippen molar-refractivity contribution in [1.82, 2.24) is 5.32 Å². The average Bonchev–Trinajstić information content (AvgIpc) is 2.87. The van der Waals surface area contributed by atoms with Crippen LogP contribution in [-0.2, 0) is 6.54 Å². The molecule has 0 spiro atoms. The first kappa shape index (κ1) is 13.6. The molecule has 1 aromatic heterocycles. The smallest absolute Gasteiger partial charge is 0.110 e. The van der Waals surface area contributed by atoms with Crippen LogP contribution in [0.1, 0.15) is 48.8 Å². The van der Waals surface area contributed by atoms with Gasteiger partial charge in [0.25, 0.3) is 0 Å². The molecule has 3 heteroatoms. The Kier molecular flexibility index (Phi) is 5.22. The molecule has 1 fully saturated rings. The number of nitrogens with one attached hydrogen (secondary N) is 1. The van der Waals surface area contributed by atoms with Gasteiger partial charge in [-0.3, -0.25) is 0 Å². The topological polar surface area (TPSA) is 35.8 Å². The molecule has 0 bridgehead atoms. The lowest BCUT2D eigenvalue weighted by atomic mass is 9.81. The van der Waals surface area contributed by atoms with Gasteiger partial charge in [0.1, 0.15) is 10.9 Å². The fourth-order valence-corrected chi connectivity index (χ4v) is 3.55. The lowest BCUT2D eigenvalue weighted by Crippen LogP contribution is -2.25. The first-order valence-electron chi connectivity index (χ1n) is 7.01. The van der Waals surface area contributed by atoms with Crippen molar-refractivity contribution >= 4 is 11.3 Å². The van der Waals surface area contributed by atoms with Gasteiger partial charge in [0, 0.05) is 11.4 Å². The number of hydrogen-bond acceptors (Lipinski definition) is 3. The van der Waals surface area contributed by atoms with Gasteiger partial charge in [0.05, 0.1) is 0 Å². The van der Waals surface area contributed by atoms with Gasteiger partial charge >= 0.3 is 0 Å². The molecule has 1 aliphatic carbocycles. The van der Waals surface area contributed by atoms with E-state index in [0.29, 0.717) is 0 Å². The number of nitriles is 1. The highest BCUT2D eigenvalue weighted by Crippen LogP contribution is 2.30. The van der Waals surface area contributed by atoms with E-state index in [1.807, 2.05) is 6.07 Å². The Morgan fingerprint density at radius 3 is 2.61 bits per heavy atom. The zero-order valence-corrected chi connectivity index (χ0v) is 11.9. The molecule has 0 aromatic carbocycles. The van der Waals surface area contributed by atoms with Gasteiger partial charge in [-0.05, 0) is 43.4 Å². The van der Waals surface area contributed by atoms with Crippen molar-refractivity contribution in [2.75, 3.05) is 6.54 Å². The summed E-state index contributed by atoms with van der Waals surface area (Å²) in [6.07, 6.45) is 6.96. The molecule has 0 radical (unpaired) electrons. The van der Waals surface area contributed by atoms with E-state index in [1.165, 1.54) is 37.0 Å². The van der Waals surface area contributed by atoms with E-state index in [0.717, 1.165) is 29.8 Å². The highest BCUT2D eigenvalue weighted by Gasteiger charge is 2.19. The van der Waals surface area contributed by atoms with Gasteiger partial charge in [-0.2, -0.15) is 5.26 Å². The van der Waals surface area contributed by atoms with Crippen molar-refractivity contribution < 1.29 is 0 Å². The normalized spacial score (nSPS) is 23.8. The summed E-state index contributed by atoms with van der Waals surface area (Å²) in [4.78, 5) is 2.09. The third-order valence-electron chi connectivity index (χ3n) is 4.05. The van der Waals surface area contributed by atoms with Crippen LogP contribution >= 0.6 is 11.3 Å². The van der Waals surface area contributed by atoms with E-state index in [2.05, 4.69) is 24.4 Å². The SMILES string of the molecule is CCC1CCC(CNCc2ccc(C#N)s2)CC1. The standard InChI is InChI=1S/C15H22N2S/c1-2-12-3-5-13(6-4-12)10-17-11-15-8-7-14(9-16)18-15/h7-8,12-13,17H,2-6,10-11H2,1H3. The molecular formula is C15H22N2S. The van der Waals surface area contributed by atoms with E-state index in [-0.39, 0.29) is 0 Å². The summed E-state index contributed by atoms with van der Waals surface area (Å²) < 4.78 is 0. The molecule has 1 aliphatic rings. The minimum absolute atomic E-state index is 0.815. The first-order valence-corrected chi connectivity index (χ1v) is 7.83. The van der Waals surface area contributed by atoms with Crippen molar-refractivity contribution in [2.24, 2.45) is 11.8 Å². The minimum atomic E-state index is 0.815. The van der Waals surface area contributed by atoms with Crippen LogP contribution in [0.5, 0.6) is 0 Å². The van der Waals surface area contributed by atoms with Crippen molar-refractivity contribution in [3.63, 3.8) is 0 Å². The third-order valence-corrected chi connectivity index (χ3v) is 5.04. The lowest BCUT2D eigenvalue weighted by molar-refractivity contribution is 0.262. The quantitative estimate of drug-likeness (QED) is 0.873. The summed E-state index contributed by atoms with van der Waals surface area (Å²) in [5, 5.41) is 12.3. The maximum absolute atomic E-state index is 8.77. The Labute approximate surface area is 114 Å². The number of rotatable bonds is 5. The molecule has 1 N–H and O–H groups in total. The van der Waals surface area contributed by atoms with Gasteiger partial charge in [-0.1, -0.05) is 26.2 Å². The van der Waals surface area contributed by atoms with Crippen molar-refractivity contribution in [1.29, 1.82) is 5.26 Å². The van der Waals surface area contributed by atoms with Crippen LogP contribution in [0.15, 0.2) is 12.1 Å². The molecule has 1 saturated carbocycles. The van der Waals surface area contributed by atoms with E-state index < -0.39 is 0 Å². The first-order chi connectivity index (χ1) is 8.81. The molecule has 1 heterocycles. The van der Waals surface area contributed by atoms with Crippen LogP contribution in [0.2, 0.25) is 0 Å². The van der Waals surface area contributed by atoms with Crippen LogP contribution in [0.3, 0.4) is 0 Å². The number of hydrogen-bond donors (Lipinski definition) is 1. The monoisotopic (exact) mass is 262 g/mol.